The minimum atomic E-state index is -0.620. The van der Waals surface area contributed by atoms with E-state index in [9.17, 15) is 0 Å². The van der Waals surface area contributed by atoms with Gasteiger partial charge in [-0.25, -0.2) is 0 Å². The molecule has 0 bridgehead atoms. The highest BCUT2D eigenvalue weighted by atomic mass is 35.5. The molecule has 6 heteroatoms. The van der Waals surface area contributed by atoms with Crippen molar-refractivity contribution < 1.29 is 19.7 Å². The fourth-order valence-corrected chi connectivity index (χ4v) is 0.948. The topological polar surface area (TPSA) is 58.9 Å². The minimum absolute atomic E-state index is 0.170. The van der Waals surface area contributed by atoms with Gasteiger partial charge in [0.1, 0.15) is 0 Å². The van der Waals surface area contributed by atoms with Crippen molar-refractivity contribution in [2.45, 2.75) is 12.2 Å². The summed E-state index contributed by atoms with van der Waals surface area (Å²) in [5.74, 6) is 0.340. The van der Waals surface area contributed by atoms with Crippen molar-refractivity contribution in [2.75, 3.05) is 38.2 Å². The van der Waals surface area contributed by atoms with Crippen LogP contribution in [0.4, 0.5) is 0 Å². The normalized spacial score (nSPS) is 15.5. The monoisotopic (exact) mass is 272 g/mol. The summed E-state index contributed by atoms with van der Waals surface area (Å²) >= 11 is 10.7. The Labute approximate surface area is 106 Å². The number of rotatable bonds is 10. The molecule has 0 spiro atoms. The lowest BCUT2D eigenvalue weighted by Gasteiger charge is -2.06. The van der Waals surface area contributed by atoms with Crippen molar-refractivity contribution in [1.29, 1.82) is 0 Å². The summed E-state index contributed by atoms with van der Waals surface area (Å²) in [6, 6.07) is 0. The van der Waals surface area contributed by atoms with Gasteiger partial charge in [-0.2, -0.15) is 0 Å². The highest BCUT2D eigenvalue weighted by Crippen LogP contribution is 1.91. The SMILES string of the molecule is OC(CCl)COC/C=C/COCC(O)CCl. The smallest absolute Gasteiger partial charge is 0.0908 e. The summed E-state index contributed by atoms with van der Waals surface area (Å²) in [6.07, 6.45) is 2.30. The Morgan fingerprint density at radius 3 is 1.56 bits per heavy atom. The molecule has 0 aliphatic rings. The van der Waals surface area contributed by atoms with Gasteiger partial charge in [0, 0.05) is 0 Å². The Morgan fingerprint density at radius 1 is 0.875 bits per heavy atom. The molecule has 0 amide bonds. The first-order chi connectivity index (χ1) is 7.70. The third kappa shape index (κ3) is 10.7. The van der Waals surface area contributed by atoms with E-state index in [1.54, 1.807) is 12.2 Å². The molecule has 0 aliphatic heterocycles. The summed E-state index contributed by atoms with van der Waals surface area (Å²) in [6.45, 7) is 1.24. The van der Waals surface area contributed by atoms with Crippen molar-refractivity contribution in [2.24, 2.45) is 0 Å². The van der Waals surface area contributed by atoms with E-state index in [-0.39, 0.29) is 25.0 Å². The highest BCUT2D eigenvalue weighted by molar-refractivity contribution is 6.18. The molecule has 0 radical (unpaired) electrons. The van der Waals surface area contributed by atoms with Crippen molar-refractivity contribution in [1.82, 2.24) is 0 Å². The van der Waals surface area contributed by atoms with Gasteiger partial charge in [-0.05, 0) is 0 Å². The molecular weight excluding hydrogens is 255 g/mol. The van der Waals surface area contributed by atoms with Crippen molar-refractivity contribution in [3.8, 4) is 0 Å². The second kappa shape index (κ2) is 11.6. The fourth-order valence-electron chi connectivity index (χ4n) is 0.769. The van der Waals surface area contributed by atoms with E-state index in [0.29, 0.717) is 13.2 Å². The number of aliphatic hydroxyl groups excluding tert-OH is 2. The first-order valence-corrected chi connectivity index (χ1v) is 6.06. The van der Waals surface area contributed by atoms with E-state index in [2.05, 4.69) is 0 Å². The zero-order valence-electron chi connectivity index (χ0n) is 9.02. The molecule has 16 heavy (non-hydrogen) atoms. The van der Waals surface area contributed by atoms with Gasteiger partial charge in [0.2, 0.25) is 0 Å². The van der Waals surface area contributed by atoms with Crippen LogP contribution in [0.3, 0.4) is 0 Å². The molecular formula is C10H18Cl2O4. The third-order valence-corrected chi connectivity index (χ3v) is 2.28. The summed E-state index contributed by atoms with van der Waals surface area (Å²) in [4.78, 5) is 0. The van der Waals surface area contributed by atoms with E-state index in [0.717, 1.165) is 0 Å². The van der Waals surface area contributed by atoms with Crippen LogP contribution in [0.5, 0.6) is 0 Å². The van der Waals surface area contributed by atoms with Gasteiger partial charge < -0.3 is 19.7 Å². The molecule has 0 saturated heterocycles. The average molecular weight is 273 g/mol. The van der Waals surface area contributed by atoms with Gasteiger partial charge in [0.25, 0.3) is 0 Å². The minimum Gasteiger partial charge on any atom is -0.389 e. The Morgan fingerprint density at radius 2 is 1.25 bits per heavy atom. The van der Waals surface area contributed by atoms with Crippen LogP contribution >= 0.6 is 23.2 Å². The van der Waals surface area contributed by atoms with Crippen LogP contribution in [0.2, 0.25) is 0 Å². The van der Waals surface area contributed by atoms with Gasteiger partial charge in [0.05, 0.1) is 50.4 Å². The summed E-state index contributed by atoms with van der Waals surface area (Å²) in [5, 5.41) is 18.1. The van der Waals surface area contributed by atoms with Crippen molar-refractivity contribution >= 4 is 23.2 Å². The van der Waals surface area contributed by atoms with Gasteiger partial charge in [0.15, 0.2) is 0 Å². The van der Waals surface area contributed by atoms with Crippen LogP contribution < -0.4 is 0 Å². The van der Waals surface area contributed by atoms with Crippen LogP contribution in [0, 0.1) is 0 Å². The Hall–Kier alpha value is 0.160. The van der Waals surface area contributed by atoms with Crippen molar-refractivity contribution in [3.05, 3.63) is 12.2 Å². The molecule has 0 fully saturated rings. The van der Waals surface area contributed by atoms with Crippen LogP contribution in [-0.2, 0) is 9.47 Å². The van der Waals surface area contributed by atoms with Crippen LogP contribution in [0.15, 0.2) is 12.2 Å². The molecule has 0 saturated carbocycles. The lowest BCUT2D eigenvalue weighted by Crippen LogP contribution is -2.17. The fraction of sp³-hybridized carbons (Fsp3) is 0.800. The molecule has 0 aromatic rings. The predicted octanol–water partition coefficient (Wildman–Crippen LogP) is 0.775. The predicted molar refractivity (Wildman–Crippen MR) is 64.2 cm³/mol. The number of hydrogen-bond acceptors (Lipinski definition) is 4. The number of aliphatic hydroxyl groups is 2. The van der Waals surface area contributed by atoms with E-state index in [1.165, 1.54) is 0 Å². The van der Waals surface area contributed by atoms with Crippen LogP contribution in [0.25, 0.3) is 0 Å². The van der Waals surface area contributed by atoms with Gasteiger partial charge in [-0.1, -0.05) is 12.2 Å². The van der Waals surface area contributed by atoms with Gasteiger partial charge in [-0.3, -0.25) is 0 Å². The molecule has 0 aromatic carbocycles. The Balaban J connectivity index is 3.22. The second-order valence-electron chi connectivity index (χ2n) is 3.16. The molecule has 0 aliphatic carbocycles. The second-order valence-corrected chi connectivity index (χ2v) is 3.78. The Bertz CT molecular complexity index is 160. The van der Waals surface area contributed by atoms with Crippen LogP contribution in [-0.4, -0.2) is 60.6 Å². The number of alkyl halides is 2. The first-order valence-electron chi connectivity index (χ1n) is 4.99. The Kier molecular flexibility index (Phi) is 11.8. The molecule has 2 atom stereocenters. The maximum atomic E-state index is 9.04. The van der Waals surface area contributed by atoms with Crippen LogP contribution in [0.1, 0.15) is 0 Å². The maximum Gasteiger partial charge on any atom is 0.0908 e. The quantitative estimate of drug-likeness (QED) is 0.351. The van der Waals surface area contributed by atoms with Gasteiger partial charge in [-0.15, -0.1) is 23.2 Å². The van der Waals surface area contributed by atoms with E-state index in [4.69, 9.17) is 42.9 Å². The zero-order chi connectivity index (χ0) is 12.2. The van der Waals surface area contributed by atoms with Gasteiger partial charge >= 0.3 is 0 Å². The highest BCUT2D eigenvalue weighted by Gasteiger charge is 2.00. The maximum absolute atomic E-state index is 9.04. The standard InChI is InChI=1S/C10H18Cl2O4/c11-5-9(13)7-15-3-1-2-4-16-8-10(14)6-12/h1-2,9-10,13-14H,3-8H2/b2-1+. The summed E-state index contributed by atoms with van der Waals surface area (Å²) < 4.78 is 10.2. The molecule has 2 N–H and O–H groups in total. The largest absolute Gasteiger partial charge is 0.389 e. The summed E-state index contributed by atoms with van der Waals surface area (Å²) in [5.41, 5.74) is 0. The summed E-state index contributed by atoms with van der Waals surface area (Å²) in [7, 11) is 0. The molecule has 0 heterocycles. The molecule has 0 rings (SSSR count). The third-order valence-electron chi connectivity index (χ3n) is 1.57. The lowest BCUT2D eigenvalue weighted by atomic mass is 10.4. The number of halogens is 2. The van der Waals surface area contributed by atoms with E-state index < -0.39 is 12.2 Å². The van der Waals surface area contributed by atoms with E-state index in [1.807, 2.05) is 0 Å². The molecule has 96 valence electrons. The van der Waals surface area contributed by atoms with Crippen molar-refractivity contribution in [3.63, 3.8) is 0 Å². The number of ether oxygens (including phenoxy) is 2. The molecule has 0 aromatic heterocycles. The molecule has 4 nitrogen and oxygen atoms in total. The molecule has 2 unspecified atom stereocenters. The lowest BCUT2D eigenvalue weighted by molar-refractivity contribution is 0.0576. The average Bonchev–Trinajstić information content (AvgIpc) is 2.31. The zero-order valence-corrected chi connectivity index (χ0v) is 10.5. The number of hydrogen-bond donors (Lipinski definition) is 2. The van der Waals surface area contributed by atoms with E-state index >= 15 is 0 Å². The first kappa shape index (κ1) is 16.2.